The smallest absolute Gasteiger partial charge is 0.241 e. The third-order valence-corrected chi connectivity index (χ3v) is 5.74. The lowest BCUT2D eigenvalue weighted by Crippen LogP contribution is -2.38. The number of rotatable bonds is 4. The Hall–Kier alpha value is -0.140. The largest absolute Gasteiger partial charge is 0.316 e. The van der Waals surface area contributed by atoms with Crippen LogP contribution in [0.1, 0.15) is 18.4 Å². The fourth-order valence-electron chi connectivity index (χ4n) is 2.23. The highest BCUT2D eigenvalue weighted by Gasteiger charge is 2.20. The van der Waals surface area contributed by atoms with Crippen molar-refractivity contribution in [1.29, 1.82) is 0 Å². The molecule has 0 spiro atoms. The molecular formula is C13H20BrClN2O2S. The van der Waals surface area contributed by atoms with Crippen LogP contribution in [0.5, 0.6) is 0 Å². The van der Waals surface area contributed by atoms with Gasteiger partial charge in [0.1, 0.15) is 0 Å². The highest BCUT2D eigenvalue weighted by molar-refractivity contribution is 9.10. The van der Waals surface area contributed by atoms with Crippen LogP contribution >= 0.6 is 28.3 Å². The first-order chi connectivity index (χ1) is 8.99. The van der Waals surface area contributed by atoms with Gasteiger partial charge in [-0.3, -0.25) is 0 Å². The fourth-order valence-corrected chi connectivity index (χ4v) is 4.53. The van der Waals surface area contributed by atoms with E-state index < -0.39 is 10.0 Å². The van der Waals surface area contributed by atoms with E-state index in [0.717, 1.165) is 31.5 Å². The zero-order chi connectivity index (χ0) is 13.9. The monoisotopic (exact) mass is 382 g/mol. The van der Waals surface area contributed by atoms with E-state index in [1.807, 2.05) is 19.1 Å². The average molecular weight is 384 g/mol. The van der Waals surface area contributed by atoms with Gasteiger partial charge in [0.05, 0.1) is 4.90 Å². The van der Waals surface area contributed by atoms with E-state index in [2.05, 4.69) is 26.0 Å². The predicted molar refractivity (Wildman–Crippen MR) is 86.9 cm³/mol. The second kappa shape index (κ2) is 7.75. The van der Waals surface area contributed by atoms with E-state index in [1.165, 1.54) is 0 Å². The third-order valence-electron chi connectivity index (χ3n) is 3.34. The second-order valence-electron chi connectivity index (χ2n) is 5.00. The van der Waals surface area contributed by atoms with Crippen molar-refractivity contribution in [3.63, 3.8) is 0 Å². The lowest BCUT2D eigenvalue weighted by Gasteiger charge is -2.23. The Bertz CT molecular complexity index is 545. The second-order valence-corrected chi connectivity index (χ2v) is 7.59. The van der Waals surface area contributed by atoms with Gasteiger partial charge in [0.15, 0.2) is 0 Å². The first kappa shape index (κ1) is 17.9. The van der Waals surface area contributed by atoms with Crippen LogP contribution in [0.3, 0.4) is 0 Å². The first-order valence-electron chi connectivity index (χ1n) is 6.45. The summed E-state index contributed by atoms with van der Waals surface area (Å²) in [5, 5.41) is 3.29. The molecule has 1 fully saturated rings. The van der Waals surface area contributed by atoms with Gasteiger partial charge in [0.25, 0.3) is 0 Å². The molecule has 0 bridgehead atoms. The number of aryl methyl sites for hydroxylation is 1. The number of halogens is 2. The van der Waals surface area contributed by atoms with Crippen LogP contribution < -0.4 is 10.0 Å². The van der Waals surface area contributed by atoms with E-state index in [0.29, 0.717) is 21.8 Å². The molecule has 114 valence electrons. The Labute approximate surface area is 135 Å². The summed E-state index contributed by atoms with van der Waals surface area (Å²) in [5.41, 5.74) is 1.03. The van der Waals surface area contributed by atoms with Crippen LogP contribution in [-0.2, 0) is 10.0 Å². The summed E-state index contributed by atoms with van der Waals surface area (Å²) in [4.78, 5) is 0.307. The molecule has 1 unspecified atom stereocenters. The van der Waals surface area contributed by atoms with E-state index >= 15 is 0 Å². The summed E-state index contributed by atoms with van der Waals surface area (Å²) in [6.07, 6.45) is 2.19. The summed E-state index contributed by atoms with van der Waals surface area (Å²) in [6.45, 7) is 4.35. The molecule has 0 amide bonds. The molecule has 1 saturated heterocycles. The molecule has 0 saturated carbocycles. The molecule has 0 radical (unpaired) electrons. The lowest BCUT2D eigenvalue weighted by molar-refractivity contribution is 0.376. The molecule has 4 nitrogen and oxygen atoms in total. The molecule has 1 aromatic carbocycles. The fraction of sp³-hybridized carbons (Fsp3) is 0.538. The Kier molecular flexibility index (Phi) is 6.94. The summed E-state index contributed by atoms with van der Waals surface area (Å²) in [6, 6.07) is 5.26. The molecule has 2 rings (SSSR count). The molecule has 0 aromatic heterocycles. The van der Waals surface area contributed by atoms with Crippen molar-refractivity contribution in [2.45, 2.75) is 24.7 Å². The number of piperidine rings is 1. The maximum Gasteiger partial charge on any atom is 0.241 e. The zero-order valence-electron chi connectivity index (χ0n) is 11.4. The highest BCUT2D eigenvalue weighted by Crippen LogP contribution is 2.23. The van der Waals surface area contributed by atoms with Crippen molar-refractivity contribution in [3.05, 3.63) is 28.2 Å². The number of sulfonamides is 1. The van der Waals surface area contributed by atoms with Crippen LogP contribution in [0, 0.1) is 12.8 Å². The van der Waals surface area contributed by atoms with Gasteiger partial charge in [0, 0.05) is 11.0 Å². The SMILES string of the molecule is Cc1ccc(S(=O)(=O)NCC2CCCNC2)c(Br)c1.Cl. The van der Waals surface area contributed by atoms with Gasteiger partial charge < -0.3 is 5.32 Å². The predicted octanol–water partition coefficient (Wildman–Crippen LogP) is 2.46. The summed E-state index contributed by atoms with van der Waals surface area (Å²) >= 11 is 3.32. The maximum atomic E-state index is 12.2. The van der Waals surface area contributed by atoms with Crippen molar-refractivity contribution in [2.24, 2.45) is 5.92 Å². The van der Waals surface area contributed by atoms with Crippen LogP contribution in [-0.4, -0.2) is 28.1 Å². The van der Waals surface area contributed by atoms with Gasteiger partial charge in [-0.2, -0.15) is 0 Å². The van der Waals surface area contributed by atoms with Gasteiger partial charge in [-0.05, 0) is 72.4 Å². The highest BCUT2D eigenvalue weighted by atomic mass is 79.9. The van der Waals surface area contributed by atoms with E-state index in [1.54, 1.807) is 6.07 Å². The molecule has 1 aliphatic rings. The molecule has 1 atom stereocenters. The Morgan fingerprint density at radius 2 is 2.20 bits per heavy atom. The quantitative estimate of drug-likeness (QED) is 0.839. The molecular weight excluding hydrogens is 364 g/mol. The number of hydrogen-bond donors (Lipinski definition) is 2. The molecule has 7 heteroatoms. The number of hydrogen-bond acceptors (Lipinski definition) is 3. The van der Waals surface area contributed by atoms with Crippen LogP contribution in [0.2, 0.25) is 0 Å². The Balaban J connectivity index is 0.00000200. The zero-order valence-corrected chi connectivity index (χ0v) is 14.6. The van der Waals surface area contributed by atoms with Gasteiger partial charge in [-0.25, -0.2) is 13.1 Å². The molecule has 2 N–H and O–H groups in total. The van der Waals surface area contributed by atoms with Crippen LogP contribution in [0.4, 0.5) is 0 Å². The summed E-state index contributed by atoms with van der Waals surface area (Å²) in [7, 11) is -3.43. The molecule has 20 heavy (non-hydrogen) atoms. The van der Waals surface area contributed by atoms with Crippen molar-refractivity contribution >= 4 is 38.4 Å². The van der Waals surface area contributed by atoms with Crippen LogP contribution in [0.25, 0.3) is 0 Å². The standard InChI is InChI=1S/C13H19BrN2O2S.ClH/c1-10-4-5-13(12(14)7-10)19(17,18)16-9-11-3-2-6-15-8-11;/h4-5,7,11,15-16H,2-3,6,8-9H2,1H3;1H. The minimum atomic E-state index is -3.43. The maximum absolute atomic E-state index is 12.2. The normalized spacial score (nSPS) is 19.4. The molecule has 1 aliphatic heterocycles. The molecule has 0 aliphatic carbocycles. The van der Waals surface area contributed by atoms with Crippen LogP contribution in [0.15, 0.2) is 27.6 Å². The van der Waals surface area contributed by atoms with Gasteiger partial charge in [0.2, 0.25) is 10.0 Å². The van der Waals surface area contributed by atoms with Gasteiger partial charge in [-0.15, -0.1) is 12.4 Å². The summed E-state index contributed by atoms with van der Waals surface area (Å²) in [5.74, 6) is 0.382. The van der Waals surface area contributed by atoms with Crippen molar-refractivity contribution in [1.82, 2.24) is 10.0 Å². The van der Waals surface area contributed by atoms with Gasteiger partial charge in [-0.1, -0.05) is 6.07 Å². The van der Waals surface area contributed by atoms with Crippen molar-refractivity contribution < 1.29 is 8.42 Å². The first-order valence-corrected chi connectivity index (χ1v) is 8.73. The van der Waals surface area contributed by atoms with Crippen molar-refractivity contribution in [2.75, 3.05) is 19.6 Å². The lowest BCUT2D eigenvalue weighted by atomic mass is 10.0. The van der Waals surface area contributed by atoms with Gasteiger partial charge >= 0.3 is 0 Å². The number of nitrogens with one attached hydrogen (secondary N) is 2. The average Bonchev–Trinajstić information content (AvgIpc) is 2.37. The summed E-state index contributed by atoms with van der Waals surface area (Å²) < 4.78 is 27.8. The topological polar surface area (TPSA) is 58.2 Å². The van der Waals surface area contributed by atoms with E-state index in [-0.39, 0.29) is 12.4 Å². The van der Waals surface area contributed by atoms with E-state index in [9.17, 15) is 8.42 Å². The number of benzene rings is 1. The Morgan fingerprint density at radius 3 is 2.80 bits per heavy atom. The molecule has 1 aromatic rings. The third kappa shape index (κ3) is 4.70. The minimum absolute atomic E-state index is 0. The minimum Gasteiger partial charge on any atom is -0.316 e. The molecule has 1 heterocycles. The van der Waals surface area contributed by atoms with E-state index in [4.69, 9.17) is 0 Å². The Morgan fingerprint density at radius 1 is 1.45 bits per heavy atom. The van der Waals surface area contributed by atoms with Crippen molar-refractivity contribution in [3.8, 4) is 0 Å².